The molecule has 0 saturated heterocycles. The molecule has 3 rings (SSSR count). The summed E-state index contributed by atoms with van der Waals surface area (Å²) in [6.07, 6.45) is 0. The van der Waals surface area contributed by atoms with Crippen LogP contribution in [0.1, 0.15) is 0 Å². The maximum atomic E-state index is 12.9. The summed E-state index contributed by atoms with van der Waals surface area (Å²) in [6.45, 7) is 0. The molecule has 0 aliphatic rings. The fourth-order valence-corrected chi connectivity index (χ4v) is 1.83. The predicted molar refractivity (Wildman–Crippen MR) is 63.3 cm³/mol. The second-order valence-electron chi connectivity index (χ2n) is 3.81. The molecule has 1 heterocycles. The second-order valence-corrected chi connectivity index (χ2v) is 3.81. The van der Waals surface area contributed by atoms with Gasteiger partial charge in [0.25, 0.3) is 0 Å². The maximum Gasteiger partial charge on any atom is 0.139 e. The topological polar surface area (TPSA) is 33.4 Å². The number of phenolic OH excluding ortho intramolecular Hbond substituents is 1. The van der Waals surface area contributed by atoms with E-state index >= 15 is 0 Å². The number of aromatic hydroxyl groups is 1. The first-order valence-corrected chi connectivity index (χ1v) is 5.21. The van der Waals surface area contributed by atoms with Crippen LogP contribution in [0.5, 0.6) is 5.75 Å². The van der Waals surface area contributed by atoms with Gasteiger partial charge in [-0.3, -0.25) is 0 Å². The summed E-state index contributed by atoms with van der Waals surface area (Å²) in [5.41, 5.74) is 1.23. The average molecular weight is 228 g/mol. The Balaban J connectivity index is 2.20. The van der Waals surface area contributed by atoms with E-state index in [2.05, 4.69) is 0 Å². The van der Waals surface area contributed by atoms with Crippen LogP contribution in [0.25, 0.3) is 22.3 Å². The second kappa shape index (κ2) is 3.63. The first-order valence-electron chi connectivity index (χ1n) is 5.21. The molecule has 17 heavy (non-hydrogen) atoms. The molecule has 1 N–H and O–H groups in total. The van der Waals surface area contributed by atoms with E-state index in [0.717, 1.165) is 17.0 Å². The Morgan fingerprint density at radius 3 is 2.59 bits per heavy atom. The number of hydrogen-bond donors (Lipinski definition) is 1. The third-order valence-corrected chi connectivity index (χ3v) is 2.65. The van der Waals surface area contributed by atoms with E-state index in [1.807, 2.05) is 30.3 Å². The van der Waals surface area contributed by atoms with Crippen molar-refractivity contribution in [2.75, 3.05) is 0 Å². The van der Waals surface area contributed by atoms with E-state index in [9.17, 15) is 9.50 Å². The van der Waals surface area contributed by atoms with Gasteiger partial charge in [0.05, 0.1) is 5.56 Å². The molecule has 1 aromatic heterocycles. The number of halogens is 1. The van der Waals surface area contributed by atoms with Crippen molar-refractivity contribution < 1.29 is 13.9 Å². The van der Waals surface area contributed by atoms with Crippen LogP contribution in [0.4, 0.5) is 4.39 Å². The third kappa shape index (κ3) is 1.65. The monoisotopic (exact) mass is 228 g/mol. The molecule has 3 aromatic rings. The van der Waals surface area contributed by atoms with Crippen molar-refractivity contribution in [3.63, 3.8) is 0 Å². The van der Waals surface area contributed by atoms with Crippen molar-refractivity contribution in [3.8, 4) is 17.1 Å². The van der Waals surface area contributed by atoms with Gasteiger partial charge in [0.2, 0.25) is 0 Å². The van der Waals surface area contributed by atoms with E-state index in [1.54, 1.807) is 0 Å². The Hall–Kier alpha value is -2.29. The van der Waals surface area contributed by atoms with Crippen LogP contribution in [0.15, 0.2) is 52.9 Å². The molecule has 0 spiro atoms. The van der Waals surface area contributed by atoms with Crippen LogP contribution in [0, 0.1) is 5.82 Å². The van der Waals surface area contributed by atoms with Gasteiger partial charge in [-0.15, -0.1) is 0 Å². The van der Waals surface area contributed by atoms with Crippen LogP contribution in [-0.4, -0.2) is 5.11 Å². The quantitative estimate of drug-likeness (QED) is 0.684. The van der Waals surface area contributed by atoms with Crippen LogP contribution in [0.3, 0.4) is 0 Å². The predicted octanol–water partition coefficient (Wildman–Crippen LogP) is 3.94. The molecule has 0 saturated carbocycles. The zero-order valence-electron chi connectivity index (χ0n) is 8.85. The molecule has 3 heteroatoms. The molecule has 0 aliphatic heterocycles. The summed E-state index contributed by atoms with van der Waals surface area (Å²) < 4.78 is 18.5. The van der Waals surface area contributed by atoms with Crippen molar-refractivity contribution >= 4 is 11.0 Å². The van der Waals surface area contributed by atoms with Gasteiger partial charge >= 0.3 is 0 Å². The number of rotatable bonds is 1. The fraction of sp³-hybridized carbons (Fsp3) is 0. The lowest BCUT2D eigenvalue weighted by Crippen LogP contribution is -1.78. The van der Waals surface area contributed by atoms with Gasteiger partial charge in [-0.2, -0.15) is 0 Å². The minimum absolute atomic E-state index is 0.121. The first-order chi connectivity index (χ1) is 8.24. The molecule has 0 aliphatic carbocycles. The largest absolute Gasteiger partial charge is 0.507 e. The van der Waals surface area contributed by atoms with Crippen molar-refractivity contribution in [2.45, 2.75) is 0 Å². The molecular formula is C14H9FO2. The van der Waals surface area contributed by atoms with Crippen molar-refractivity contribution in [2.24, 2.45) is 0 Å². The molecule has 84 valence electrons. The molecule has 2 aromatic carbocycles. The van der Waals surface area contributed by atoms with Gasteiger partial charge in [-0.05, 0) is 24.3 Å². The SMILES string of the molecule is Oc1cc(F)ccc1-c1cc2ccccc2o1. The zero-order valence-corrected chi connectivity index (χ0v) is 8.85. The van der Waals surface area contributed by atoms with E-state index in [-0.39, 0.29) is 5.75 Å². The lowest BCUT2D eigenvalue weighted by molar-refractivity contribution is 0.468. The van der Waals surface area contributed by atoms with Gasteiger partial charge in [-0.25, -0.2) is 4.39 Å². The van der Waals surface area contributed by atoms with Crippen LogP contribution in [0.2, 0.25) is 0 Å². The minimum Gasteiger partial charge on any atom is -0.507 e. The Morgan fingerprint density at radius 2 is 1.82 bits per heavy atom. The van der Waals surface area contributed by atoms with E-state index < -0.39 is 5.82 Å². The smallest absolute Gasteiger partial charge is 0.139 e. The fourth-order valence-electron chi connectivity index (χ4n) is 1.83. The molecule has 0 amide bonds. The Kier molecular flexibility index (Phi) is 2.11. The number of benzene rings is 2. The molecule has 0 radical (unpaired) electrons. The highest BCUT2D eigenvalue weighted by molar-refractivity contribution is 5.83. The number of para-hydroxylation sites is 1. The molecule has 2 nitrogen and oxygen atoms in total. The standard InChI is InChI=1S/C14H9FO2/c15-10-5-6-11(12(16)8-10)14-7-9-3-1-2-4-13(9)17-14/h1-8,16H. The molecule has 0 fully saturated rings. The summed E-state index contributed by atoms with van der Waals surface area (Å²) >= 11 is 0. The van der Waals surface area contributed by atoms with Crippen molar-refractivity contribution in [1.29, 1.82) is 0 Å². The summed E-state index contributed by atoms with van der Waals surface area (Å²) in [5.74, 6) is -0.0601. The number of phenols is 1. The molecule has 0 unspecified atom stereocenters. The van der Waals surface area contributed by atoms with Gasteiger partial charge < -0.3 is 9.52 Å². The molecule has 0 bridgehead atoms. The highest BCUT2D eigenvalue weighted by Gasteiger charge is 2.10. The maximum absolute atomic E-state index is 12.9. The lowest BCUT2D eigenvalue weighted by atomic mass is 10.1. The third-order valence-electron chi connectivity index (χ3n) is 2.65. The summed E-state index contributed by atoms with van der Waals surface area (Å²) in [4.78, 5) is 0. The van der Waals surface area contributed by atoms with E-state index in [0.29, 0.717) is 11.3 Å². The summed E-state index contributed by atoms with van der Waals surface area (Å²) in [6, 6.07) is 13.2. The Bertz CT molecular complexity index is 653. The van der Waals surface area contributed by atoms with E-state index in [4.69, 9.17) is 4.42 Å². The van der Waals surface area contributed by atoms with Gasteiger partial charge in [-0.1, -0.05) is 18.2 Å². The lowest BCUT2D eigenvalue weighted by Gasteiger charge is -2.00. The average Bonchev–Trinajstić information content (AvgIpc) is 2.72. The normalized spacial score (nSPS) is 10.9. The van der Waals surface area contributed by atoms with Crippen molar-refractivity contribution in [3.05, 3.63) is 54.3 Å². The number of hydrogen-bond acceptors (Lipinski definition) is 2. The van der Waals surface area contributed by atoms with Crippen molar-refractivity contribution in [1.82, 2.24) is 0 Å². The van der Waals surface area contributed by atoms with Gasteiger partial charge in [0.1, 0.15) is 22.9 Å². The van der Waals surface area contributed by atoms with Gasteiger partial charge in [0, 0.05) is 11.5 Å². The minimum atomic E-state index is -0.470. The van der Waals surface area contributed by atoms with Gasteiger partial charge in [0.15, 0.2) is 0 Å². The van der Waals surface area contributed by atoms with Crippen LogP contribution >= 0.6 is 0 Å². The summed E-state index contributed by atoms with van der Waals surface area (Å²) in [7, 11) is 0. The first kappa shape index (κ1) is 9.90. The summed E-state index contributed by atoms with van der Waals surface area (Å²) in [5, 5.41) is 10.6. The Morgan fingerprint density at radius 1 is 1.00 bits per heavy atom. The molecule has 0 atom stereocenters. The van der Waals surface area contributed by atoms with E-state index in [1.165, 1.54) is 12.1 Å². The number of furan rings is 1. The zero-order chi connectivity index (χ0) is 11.8. The molecular weight excluding hydrogens is 219 g/mol. The number of fused-ring (bicyclic) bond motifs is 1. The van der Waals surface area contributed by atoms with Crippen LogP contribution < -0.4 is 0 Å². The van der Waals surface area contributed by atoms with Crippen LogP contribution in [-0.2, 0) is 0 Å². The highest BCUT2D eigenvalue weighted by Crippen LogP contribution is 2.33. The Labute approximate surface area is 96.9 Å². The highest BCUT2D eigenvalue weighted by atomic mass is 19.1.